The maximum Gasteiger partial charge on any atom is 0.363 e. The molecule has 0 N–H and O–H groups in total. The van der Waals surface area contributed by atoms with Crippen LogP contribution in [0.3, 0.4) is 0 Å². The normalized spacial score (nSPS) is 28.5. The fourth-order valence-electron chi connectivity index (χ4n) is 0.988. The van der Waals surface area contributed by atoms with Gasteiger partial charge in [0.1, 0.15) is 24.4 Å². The summed E-state index contributed by atoms with van der Waals surface area (Å²) in [5.41, 5.74) is 0. The fourth-order valence-corrected chi connectivity index (χ4v) is 1.77. The molecule has 1 saturated heterocycles. The molecule has 13 heavy (non-hydrogen) atoms. The molecule has 0 aromatic carbocycles. The maximum absolute atomic E-state index is 11.7. The second kappa shape index (κ2) is 4.80. The SMILES string of the molecule is CCOC(=O)C[N+]1([O-])CCOCS1. The molecular formula is C7H13NO4S. The zero-order valence-corrected chi connectivity index (χ0v) is 8.34. The second-order valence-corrected chi connectivity index (χ2v) is 3.82. The number of carbonyl (C=O) groups is 1. The summed E-state index contributed by atoms with van der Waals surface area (Å²) in [6.45, 7) is 2.64. The van der Waals surface area contributed by atoms with Crippen LogP contribution in [-0.4, -0.2) is 42.3 Å². The summed E-state index contributed by atoms with van der Waals surface area (Å²) < 4.78 is 9.12. The summed E-state index contributed by atoms with van der Waals surface area (Å²) in [7, 11) is 0. The largest absolute Gasteiger partial charge is 0.620 e. The predicted molar refractivity (Wildman–Crippen MR) is 48.4 cm³/mol. The number of hydrogen-bond donors (Lipinski definition) is 0. The van der Waals surface area contributed by atoms with Crippen molar-refractivity contribution in [3.05, 3.63) is 5.21 Å². The smallest absolute Gasteiger partial charge is 0.363 e. The molecule has 0 aromatic rings. The van der Waals surface area contributed by atoms with E-state index >= 15 is 0 Å². The minimum absolute atomic E-state index is 0.123. The highest BCUT2D eigenvalue weighted by Crippen LogP contribution is 2.24. The van der Waals surface area contributed by atoms with Gasteiger partial charge in [-0.3, -0.25) is 4.05 Å². The predicted octanol–water partition coefficient (Wildman–Crippen LogP) is 0.500. The van der Waals surface area contributed by atoms with Gasteiger partial charge in [-0.2, -0.15) is 0 Å². The molecule has 1 heterocycles. The Morgan fingerprint density at radius 3 is 3.08 bits per heavy atom. The van der Waals surface area contributed by atoms with Crippen molar-refractivity contribution in [1.82, 2.24) is 0 Å². The molecule has 1 unspecified atom stereocenters. The Morgan fingerprint density at radius 2 is 2.54 bits per heavy atom. The molecule has 0 aliphatic carbocycles. The number of hydrogen-bond acceptors (Lipinski definition) is 5. The van der Waals surface area contributed by atoms with Crippen molar-refractivity contribution in [2.24, 2.45) is 0 Å². The molecule has 6 heteroatoms. The van der Waals surface area contributed by atoms with E-state index in [1.807, 2.05) is 0 Å². The molecule has 0 amide bonds. The van der Waals surface area contributed by atoms with Crippen LogP contribution in [0.4, 0.5) is 0 Å². The lowest BCUT2D eigenvalue weighted by Crippen LogP contribution is -2.45. The van der Waals surface area contributed by atoms with E-state index in [2.05, 4.69) is 0 Å². The molecular weight excluding hydrogens is 194 g/mol. The summed E-state index contributed by atoms with van der Waals surface area (Å²) in [6, 6.07) is 0. The van der Waals surface area contributed by atoms with Crippen LogP contribution in [0.25, 0.3) is 0 Å². The molecule has 0 radical (unpaired) electrons. The lowest BCUT2D eigenvalue weighted by atomic mass is 10.5. The van der Waals surface area contributed by atoms with Crippen LogP contribution in [0.2, 0.25) is 0 Å². The minimum Gasteiger partial charge on any atom is -0.620 e. The molecule has 1 fully saturated rings. The quantitative estimate of drug-likeness (QED) is 0.292. The van der Waals surface area contributed by atoms with Crippen molar-refractivity contribution in [2.45, 2.75) is 6.92 Å². The highest BCUT2D eigenvalue weighted by Gasteiger charge is 2.27. The van der Waals surface area contributed by atoms with Crippen LogP contribution >= 0.6 is 11.9 Å². The van der Waals surface area contributed by atoms with E-state index in [9.17, 15) is 10.0 Å². The summed E-state index contributed by atoms with van der Waals surface area (Å²) >= 11 is 1.08. The average Bonchev–Trinajstić information content (AvgIpc) is 2.04. The van der Waals surface area contributed by atoms with Gasteiger partial charge in [-0.1, -0.05) is 0 Å². The lowest BCUT2D eigenvalue weighted by molar-refractivity contribution is -0.738. The number of ether oxygens (including phenoxy) is 2. The Kier molecular flexibility index (Phi) is 3.98. The maximum atomic E-state index is 11.7. The van der Waals surface area contributed by atoms with Crippen LogP contribution < -0.4 is 0 Å². The summed E-state index contributed by atoms with van der Waals surface area (Å²) in [4.78, 5) is 11.0. The molecule has 1 rings (SSSR count). The molecule has 0 saturated carbocycles. The zero-order chi connectivity index (χ0) is 9.73. The van der Waals surface area contributed by atoms with Crippen LogP contribution in [0.5, 0.6) is 0 Å². The van der Waals surface area contributed by atoms with E-state index < -0.39 is 10.0 Å². The highest BCUT2D eigenvalue weighted by molar-refractivity contribution is 7.93. The van der Waals surface area contributed by atoms with Crippen LogP contribution in [0.15, 0.2) is 0 Å². The minimum atomic E-state index is -0.584. The average molecular weight is 207 g/mol. The Morgan fingerprint density at radius 1 is 1.77 bits per heavy atom. The van der Waals surface area contributed by atoms with E-state index in [4.69, 9.17) is 9.47 Å². The van der Waals surface area contributed by atoms with Crippen LogP contribution in [-0.2, 0) is 14.3 Å². The third-order valence-electron chi connectivity index (χ3n) is 1.62. The van der Waals surface area contributed by atoms with Crippen molar-refractivity contribution in [3.63, 3.8) is 0 Å². The molecule has 0 bridgehead atoms. The second-order valence-electron chi connectivity index (χ2n) is 2.66. The third-order valence-corrected chi connectivity index (χ3v) is 2.68. The topological polar surface area (TPSA) is 58.6 Å². The highest BCUT2D eigenvalue weighted by atomic mass is 32.2. The van der Waals surface area contributed by atoms with Gasteiger partial charge in [0, 0.05) is 0 Å². The molecule has 1 aliphatic rings. The number of quaternary nitrogens is 1. The Balaban J connectivity index is 2.36. The molecule has 1 atom stereocenters. The van der Waals surface area contributed by atoms with Crippen molar-refractivity contribution >= 4 is 17.9 Å². The summed E-state index contributed by atoms with van der Waals surface area (Å²) in [5, 5.41) is 11.7. The van der Waals surface area contributed by atoms with Gasteiger partial charge in [-0.15, -0.1) is 0 Å². The van der Waals surface area contributed by atoms with Crippen molar-refractivity contribution in [3.8, 4) is 0 Å². The third kappa shape index (κ3) is 3.51. The molecule has 5 nitrogen and oxygen atoms in total. The van der Waals surface area contributed by atoms with Crippen LogP contribution in [0, 0.1) is 5.21 Å². The van der Waals surface area contributed by atoms with Gasteiger partial charge >= 0.3 is 5.97 Å². The number of nitrogens with zero attached hydrogens (tertiary/aromatic N) is 1. The fraction of sp³-hybridized carbons (Fsp3) is 0.857. The van der Waals surface area contributed by atoms with Gasteiger partial charge in [0.05, 0.1) is 13.2 Å². The number of rotatable bonds is 3. The molecule has 76 valence electrons. The Labute approximate surface area is 81.3 Å². The monoisotopic (exact) mass is 207 g/mol. The van der Waals surface area contributed by atoms with Crippen molar-refractivity contribution in [2.75, 3.05) is 32.2 Å². The van der Waals surface area contributed by atoms with Gasteiger partial charge in [0.25, 0.3) is 0 Å². The summed E-state index contributed by atoms with van der Waals surface area (Å²) in [5.74, 6) is -0.0880. The first kappa shape index (κ1) is 10.8. The van der Waals surface area contributed by atoms with Crippen LogP contribution in [0.1, 0.15) is 6.92 Å². The van der Waals surface area contributed by atoms with E-state index in [-0.39, 0.29) is 6.54 Å². The van der Waals surface area contributed by atoms with E-state index in [1.165, 1.54) is 0 Å². The first-order valence-electron chi connectivity index (χ1n) is 4.12. The molecule has 0 spiro atoms. The zero-order valence-electron chi connectivity index (χ0n) is 7.52. The van der Waals surface area contributed by atoms with Crippen molar-refractivity contribution < 1.29 is 18.3 Å². The van der Waals surface area contributed by atoms with Gasteiger partial charge in [0.2, 0.25) is 0 Å². The number of carbonyl (C=O) groups excluding carboxylic acids is 1. The number of esters is 1. The standard InChI is InChI=1S/C7H13NO4S/c1-2-12-7(9)5-8(10)3-4-11-6-13-8/h2-6H2,1H3. The summed E-state index contributed by atoms with van der Waals surface area (Å²) in [6.07, 6.45) is 0. The molecule has 1 aliphatic heterocycles. The van der Waals surface area contributed by atoms with E-state index in [1.54, 1.807) is 6.92 Å². The van der Waals surface area contributed by atoms with Crippen molar-refractivity contribution in [1.29, 1.82) is 0 Å². The molecule has 0 aromatic heterocycles. The van der Waals surface area contributed by atoms with E-state index in [0.717, 1.165) is 11.9 Å². The van der Waals surface area contributed by atoms with Gasteiger partial charge < -0.3 is 14.7 Å². The van der Waals surface area contributed by atoms with E-state index in [0.29, 0.717) is 25.7 Å². The Bertz CT molecular complexity index is 181. The first-order chi connectivity index (χ1) is 6.16. The van der Waals surface area contributed by atoms with Gasteiger partial charge in [-0.05, 0) is 6.92 Å². The van der Waals surface area contributed by atoms with Gasteiger partial charge in [-0.25, -0.2) is 4.79 Å². The Hall–Kier alpha value is -0.300. The first-order valence-corrected chi connectivity index (χ1v) is 5.06. The number of hydroxylamine groups is 2. The lowest BCUT2D eigenvalue weighted by Gasteiger charge is -2.40. The van der Waals surface area contributed by atoms with Gasteiger partial charge in [0.15, 0.2) is 6.54 Å².